The molecule has 0 aliphatic heterocycles. The third-order valence-corrected chi connectivity index (χ3v) is 3.81. The van der Waals surface area contributed by atoms with Crippen molar-refractivity contribution >= 4 is 31.9 Å². The number of ether oxygens (including phenoxy) is 2. The maximum Gasteiger partial charge on any atom is 0.135 e. The molecule has 1 unspecified atom stereocenters. The van der Waals surface area contributed by atoms with Crippen molar-refractivity contribution in [3.05, 3.63) is 21.1 Å². The zero-order valence-corrected chi connectivity index (χ0v) is 15.1. The number of aliphatic hydroxyl groups excluding tert-OH is 1. The average Bonchev–Trinajstić information content (AvgIpc) is 2.38. The molecule has 1 rings (SSSR count). The van der Waals surface area contributed by atoms with Gasteiger partial charge in [-0.05, 0) is 56.5 Å². The lowest BCUT2D eigenvalue weighted by Crippen LogP contribution is -2.33. The first-order chi connectivity index (χ1) is 9.43. The van der Waals surface area contributed by atoms with E-state index >= 15 is 0 Å². The maximum atomic E-state index is 9.85. The monoisotopic (exact) mass is 409 g/mol. The Morgan fingerprint density at radius 1 is 1.15 bits per heavy atom. The SMILES string of the molecule is COc1cc(Br)c(OCC(O)CNCC(C)C)cc1Br. The molecule has 0 saturated carbocycles. The Balaban J connectivity index is 2.47. The van der Waals surface area contributed by atoms with Crippen LogP contribution in [0, 0.1) is 5.92 Å². The van der Waals surface area contributed by atoms with Gasteiger partial charge in [-0.2, -0.15) is 0 Å². The van der Waals surface area contributed by atoms with Crippen LogP contribution in [0.3, 0.4) is 0 Å². The second-order valence-electron chi connectivity index (χ2n) is 4.93. The minimum Gasteiger partial charge on any atom is -0.496 e. The van der Waals surface area contributed by atoms with Crippen molar-refractivity contribution in [2.45, 2.75) is 20.0 Å². The lowest BCUT2D eigenvalue weighted by atomic mass is 10.2. The molecule has 0 bridgehead atoms. The number of benzene rings is 1. The van der Waals surface area contributed by atoms with Gasteiger partial charge in [-0.3, -0.25) is 0 Å². The van der Waals surface area contributed by atoms with E-state index in [4.69, 9.17) is 9.47 Å². The van der Waals surface area contributed by atoms with Gasteiger partial charge in [0.25, 0.3) is 0 Å². The fourth-order valence-corrected chi connectivity index (χ4v) is 2.48. The normalized spacial score (nSPS) is 12.6. The molecule has 0 aliphatic carbocycles. The Morgan fingerprint density at radius 2 is 1.75 bits per heavy atom. The molecule has 0 heterocycles. The van der Waals surface area contributed by atoms with Gasteiger partial charge in [-0.1, -0.05) is 13.8 Å². The lowest BCUT2D eigenvalue weighted by Gasteiger charge is -2.16. The van der Waals surface area contributed by atoms with Crippen molar-refractivity contribution in [3.63, 3.8) is 0 Å². The first-order valence-corrected chi connectivity index (χ1v) is 8.07. The summed E-state index contributed by atoms with van der Waals surface area (Å²) in [4.78, 5) is 0. The van der Waals surface area contributed by atoms with Crippen LogP contribution in [0.2, 0.25) is 0 Å². The van der Waals surface area contributed by atoms with E-state index in [9.17, 15) is 5.11 Å². The van der Waals surface area contributed by atoms with Crippen molar-refractivity contribution in [1.82, 2.24) is 5.32 Å². The number of aliphatic hydroxyl groups is 1. The van der Waals surface area contributed by atoms with Crippen molar-refractivity contribution in [2.24, 2.45) is 5.92 Å². The second-order valence-corrected chi connectivity index (χ2v) is 6.64. The predicted octanol–water partition coefficient (Wildman–Crippen LogP) is 3.21. The summed E-state index contributed by atoms with van der Waals surface area (Å²) in [5.41, 5.74) is 0. The molecule has 114 valence electrons. The predicted molar refractivity (Wildman–Crippen MR) is 87.6 cm³/mol. The quantitative estimate of drug-likeness (QED) is 0.690. The molecule has 6 heteroatoms. The summed E-state index contributed by atoms with van der Waals surface area (Å²) in [6.45, 7) is 5.90. The average molecular weight is 411 g/mol. The van der Waals surface area contributed by atoms with Gasteiger partial charge >= 0.3 is 0 Å². The molecule has 1 atom stereocenters. The van der Waals surface area contributed by atoms with E-state index in [1.807, 2.05) is 12.1 Å². The highest BCUT2D eigenvalue weighted by atomic mass is 79.9. The number of hydrogen-bond donors (Lipinski definition) is 2. The summed E-state index contributed by atoms with van der Waals surface area (Å²) in [6.07, 6.45) is -0.540. The zero-order chi connectivity index (χ0) is 15.1. The molecule has 1 aromatic carbocycles. The highest BCUT2D eigenvalue weighted by Gasteiger charge is 2.11. The molecule has 0 radical (unpaired) electrons. The molecule has 0 amide bonds. The molecule has 2 N–H and O–H groups in total. The maximum absolute atomic E-state index is 9.85. The topological polar surface area (TPSA) is 50.7 Å². The molecule has 0 fully saturated rings. The van der Waals surface area contributed by atoms with Gasteiger partial charge in [-0.15, -0.1) is 0 Å². The number of rotatable bonds is 8. The van der Waals surface area contributed by atoms with Crippen LogP contribution in [-0.4, -0.2) is 38.0 Å². The molecule has 4 nitrogen and oxygen atoms in total. The summed E-state index contributed by atoms with van der Waals surface area (Å²) in [6, 6.07) is 3.64. The summed E-state index contributed by atoms with van der Waals surface area (Å²) >= 11 is 6.83. The van der Waals surface area contributed by atoms with Crippen LogP contribution in [0.1, 0.15) is 13.8 Å². The Hall–Kier alpha value is -0.300. The highest BCUT2D eigenvalue weighted by Crippen LogP contribution is 2.35. The third-order valence-electron chi connectivity index (χ3n) is 2.57. The minimum absolute atomic E-state index is 0.239. The van der Waals surface area contributed by atoms with Gasteiger partial charge < -0.3 is 19.9 Å². The van der Waals surface area contributed by atoms with Gasteiger partial charge in [0.15, 0.2) is 0 Å². The smallest absolute Gasteiger partial charge is 0.135 e. The van der Waals surface area contributed by atoms with Gasteiger partial charge in [0.1, 0.15) is 24.2 Å². The van der Waals surface area contributed by atoms with Gasteiger partial charge in [0.05, 0.1) is 16.1 Å². The number of nitrogens with one attached hydrogen (secondary N) is 1. The number of methoxy groups -OCH3 is 1. The summed E-state index contributed by atoms with van der Waals surface area (Å²) < 4.78 is 12.4. The van der Waals surface area contributed by atoms with Gasteiger partial charge in [0.2, 0.25) is 0 Å². The summed E-state index contributed by atoms with van der Waals surface area (Å²) in [7, 11) is 1.61. The third kappa shape index (κ3) is 5.99. The highest BCUT2D eigenvalue weighted by molar-refractivity contribution is 9.11. The first kappa shape index (κ1) is 17.8. The van der Waals surface area contributed by atoms with E-state index in [2.05, 4.69) is 51.0 Å². The van der Waals surface area contributed by atoms with Crippen LogP contribution >= 0.6 is 31.9 Å². The van der Waals surface area contributed by atoms with Gasteiger partial charge in [0, 0.05) is 6.54 Å². The fourth-order valence-electron chi connectivity index (χ4n) is 1.56. The molecule has 1 aromatic rings. The Bertz CT molecular complexity index is 427. The van der Waals surface area contributed by atoms with Crippen LogP contribution in [-0.2, 0) is 0 Å². The van der Waals surface area contributed by atoms with E-state index in [1.54, 1.807) is 7.11 Å². The van der Waals surface area contributed by atoms with Gasteiger partial charge in [-0.25, -0.2) is 0 Å². The van der Waals surface area contributed by atoms with Crippen LogP contribution in [0.25, 0.3) is 0 Å². The number of hydrogen-bond acceptors (Lipinski definition) is 4. The molecular formula is C14H21Br2NO3. The van der Waals surface area contributed by atoms with Crippen molar-refractivity contribution < 1.29 is 14.6 Å². The summed E-state index contributed by atoms with van der Waals surface area (Å²) in [5, 5.41) is 13.0. The Morgan fingerprint density at radius 3 is 2.35 bits per heavy atom. The van der Waals surface area contributed by atoms with Crippen molar-refractivity contribution in [3.8, 4) is 11.5 Å². The molecule has 0 aromatic heterocycles. The summed E-state index contributed by atoms with van der Waals surface area (Å²) in [5.74, 6) is 1.96. The number of halogens is 2. The Kier molecular flexibility index (Phi) is 7.87. The fraction of sp³-hybridized carbons (Fsp3) is 0.571. The first-order valence-electron chi connectivity index (χ1n) is 6.48. The lowest BCUT2D eigenvalue weighted by molar-refractivity contribution is 0.105. The second kappa shape index (κ2) is 8.87. The molecule has 0 saturated heterocycles. The van der Waals surface area contributed by atoms with Crippen LogP contribution < -0.4 is 14.8 Å². The van der Waals surface area contributed by atoms with Crippen LogP contribution in [0.5, 0.6) is 11.5 Å². The molecule has 0 aliphatic rings. The van der Waals surface area contributed by atoms with Crippen LogP contribution in [0.4, 0.5) is 0 Å². The molecule has 20 heavy (non-hydrogen) atoms. The van der Waals surface area contributed by atoms with E-state index < -0.39 is 6.10 Å². The van der Waals surface area contributed by atoms with E-state index in [1.165, 1.54) is 0 Å². The van der Waals surface area contributed by atoms with Crippen molar-refractivity contribution in [1.29, 1.82) is 0 Å². The minimum atomic E-state index is -0.540. The van der Waals surface area contributed by atoms with E-state index in [0.717, 1.165) is 21.2 Å². The largest absolute Gasteiger partial charge is 0.496 e. The zero-order valence-electron chi connectivity index (χ0n) is 12.0. The molecule has 0 spiro atoms. The van der Waals surface area contributed by atoms with Crippen molar-refractivity contribution in [2.75, 3.05) is 26.8 Å². The standard InChI is InChI=1S/C14H21Br2NO3/c1-9(2)6-17-7-10(18)8-20-14-5-11(15)13(19-3)4-12(14)16/h4-5,9-10,17-18H,6-8H2,1-3H3. The van der Waals surface area contributed by atoms with E-state index in [0.29, 0.717) is 18.2 Å². The molecular weight excluding hydrogens is 390 g/mol. The van der Waals surface area contributed by atoms with Crippen LogP contribution in [0.15, 0.2) is 21.1 Å². The Labute approximate surface area is 137 Å². The van der Waals surface area contributed by atoms with E-state index in [-0.39, 0.29) is 6.61 Å².